The molecule has 0 aliphatic carbocycles. The number of hydrogen-bond acceptors (Lipinski definition) is 9. The second-order valence-electron chi connectivity index (χ2n) is 7.56. The number of benzene rings is 3. The summed E-state index contributed by atoms with van der Waals surface area (Å²) in [7, 11) is -13.1. The van der Waals surface area contributed by atoms with Gasteiger partial charge in [0.2, 0.25) is 0 Å². The molecular weight excluding hydrogens is 532 g/mol. The van der Waals surface area contributed by atoms with Gasteiger partial charge in [0.05, 0.1) is 9.79 Å². The molecule has 0 aromatic heterocycles. The summed E-state index contributed by atoms with van der Waals surface area (Å²) in [4.78, 5) is 11.3. The summed E-state index contributed by atoms with van der Waals surface area (Å²) in [6, 6.07) is 12.1. The summed E-state index contributed by atoms with van der Waals surface area (Å²) in [5, 5.41) is 2.42. The molecule has 0 saturated carbocycles. The number of carbonyl (C=O) groups is 1. The molecule has 190 valence electrons. The molecule has 0 unspecified atom stereocenters. The fraction of sp³-hybridized carbons (Fsp3) is 0.0455. The van der Waals surface area contributed by atoms with E-state index in [1.165, 1.54) is 54.6 Å². The minimum Gasteiger partial charge on any atom is -0.744 e. The third-order valence-electron chi connectivity index (χ3n) is 4.84. The molecule has 4 N–H and O–H groups in total. The van der Waals surface area contributed by atoms with Gasteiger partial charge in [-0.05, 0) is 59.7 Å². The molecule has 0 aliphatic heterocycles. The highest BCUT2D eigenvalue weighted by Gasteiger charge is 2.16. The summed E-state index contributed by atoms with van der Waals surface area (Å²) in [5.41, 5.74) is 5.53. The van der Waals surface area contributed by atoms with Crippen molar-refractivity contribution in [3.63, 3.8) is 0 Å². The van der Waals surface area contributed by atoms with E-state index in [1.54, 1.807) is 0 Å². The van der Waals surface area contributed by atoms with Crippen molar-refractivity contribution in [1.82, 2.24) is 0 Å². The zero-order valence-corrected chi connectivity index (χ0v) is 20.9. The van der Waals surface area contributed by atoms with E-state index >= 15 is 0 Å². The number of carbonyl (C=O) groups excluding carboxylic acids is 1. The zero-order chi connectivity index (χ0) is 26.9. The van der Waals surface area contributed by atoms with Crippen molar-refractivity contribution in [2.24, 2.45) is 0 Å². The largest absolute Gasteiger partial charge is 0.744 e. The molecule has 14 heteroatoms. The first-order chi connectivity index (χ1) is 16.6. The molecule has 0 bridgehead atoms. The van der Waals surface area contributed by atoms with Gasteiger partial charge in [0, 0.05) is 23.2 Å². The van der Waals surface area contributed by atoms with Crippen molar-refractivity contribution >= 4 is 59.5 Å². The van der Waals surface area contributed by atoms with Crippen LogP contribution in [-0.4, -0.2) is 46.5 Å². The molecule has 1 amide bonds. The fourth-order valence-corrected chi connectivity index (χ4v) is 5.16. The Morgan fingerprint density at radius 1 is 0.861 bits per heavy atom. The van der Waals surface area contributed by atoms with E-state index < -0.39 is 45.8 Å². The van der Waals surface area contributed by atoms with Crippen LogP contribution in [0.25, 0.3) is 12.2 Å². The minimum atomic E-state index is -5.03. The predicted molar refractivity (Wildman–Crippen MR) is 132 cm³/mol. The Morgan fingerprint density at radius 3 is 1.94 bits per heavy atom. The molecule has 0 atom stereocenters. The number of anilines is 2. The van der Waals surface area contributed by atoms with Gasteiger partial charge >= 0.3 is 0 Å². The number of sulfone groups is 1. The molecule has 11 nitrogen and oxygen atoms in total. The summed E-state index contributed by atoms with van der Waals surface area (Å²) in [5.74, 6) is -0.688. The highest BCUT2D eigenvalue weighted by Crippen LogP contribution is 2.26. The molecule has 3 aromatic rings. The predicted octanol–water partition coefficient (Wildman–Crippen LogP) is 2.25. The number of rotatable bonds is 7. The van der Waals surface area contributed by atoms with E-state index in [2.05, 4.69) is 5.32 Å². The molecule has 0 fully saturated rings. The summed E-state index contributed by atoms with van der Waals surface area (Å²) in [6.07, 6.45) is 3.34. The van der Waals surface area contributed by atoms with Crippen molar-refractivity contribution in [3.8, 4) is 0 Å². The summed E-state index contributed by atoms with van der Waals surface area (Å²) >= 11 is 0. The second kappa shape index (κ2) is 9.83. The van der Waals surface area contributed by atoms with Crippen LogP contribution in [0.15, 0.2) is 75.4 Å². The Balaban J connectivity index is 1.95. The first kappa shape index (κ1) is 27.0. The van der Waals surface area contributed by atoms with Gasteiger partial charge in [-0.15, -0.1) is 0 Å². The average molecular weight is 552 g/mol. The lowest BCUT2D eigenvalue weighted by molar-refractivity contribution is 0.102. The van der Waals surface area contributed by atoms with Crippen molar-refractivity contribution < 1.29 is 39.2 Å². The normalized spacial score (nSPS) is 12.5. The third kappa shape index (κ3) is 6.56. The Bertz CT molecular complexity index is 1690. The maximum absolute atomic E-state index is 12.5. The van der Waals surface area contributed by atoms with Gasteiger partial charge in [0.1, 0.15) is 15.0 Å². The quantitative estimate of drug-likeness (QED) is 0.222. The first-order valence-electron chi connectivity index (χ1n) is 9.82. The number of nitrogens with two attached hydrogens (primary N) is 1. The fourth-order valence-electron chi connectivity index (χ4n) is 3.11. The topological polar surface area (TPSA) is 201 Å². The van der Waals surface area contributed by atoms with Crippen molar-refractivity contribution in [3.05, 3.63) is 77.4 Å². The molecule has 3 aromatic carbocycles. The van der Waals surface area contributed by atoms with E-state index in [9.17, 15) is 39.2 Å². The molecule has 3 rings (SSSR count). The lowest BCUT2D eigenvalue weighted by atomic mass is 10.1. The second-order valence-corrected chi connectivity index (χ2v) is 12.3. The molecule has 0 aliphatic rings. The lowest BCUT2D eigenvalue weighted by Crippen LogP contribution is -2.13. The minimum absolute atomic E-state index is 0.00758. The van der Waals surface area contributed by atoms with Gasteiger partial charge in [-0.25, -0.2) is 16.8 Å². The zero-order valence-electron chi connectivity index (χ0n) is 18.4. The van der Waals surface area contributed by atoms with Crippen LogP contribution in [0.2, 0.25) is 0 Å². The maximum Gasteiger partial charge on any atom is 0.295 e. The molecular formula is C22H19N2O9S3-. The molecule has 0 radical (unpaired) electrons. The smallest absolute Gasteiger partial charge is 0.295 e. The summed E-state index contributed by atoms with van der Waals surface area (Å²) < 4.78 is 91.4. The van der Waals surface area contributed by atoms with E-state index in [0.29, 0.717) is 0 Å². The number of nitrogen functional groups attached to an aromatic ring is 1. The third-order valence-corrected chi connectivity index (χ3v) is 7.77. The maximum atomic E-state index is 12.5. The van der Waals surface area contributed by atoms with Crippen LogP contribution in [0, 0.1) is 0 Å². The van der Waals surface area contributed by atoms with Gasteiger partial charge in [0.25, 0.3) is 16.0 Å². The molecule has 0 saturated heterocycles. The van der Waals surface area contributed by atoms with Gasteiger partial charge < -0.3 is 15.6 Å². The summed E-state index contributed by atoms with van der Waals surface area (Å²) in [6.45, 7) is 0. The first-order valence-corrected chi connectivity index (χ1v) is 14.6. The highest BCUT2D eigenvalue weighted by molar-refractivity contribution is 7.90. The van der Waals surface area contributed by atoms with Crippen molar-refractivity contribution in [2.75, 3.05) is 17.3 Å². The van der Waals surface area contributed by atoms with E-state index in [1.807, 2.05) is 0 Å². The Morgan fingerprint density at radius 2 is 1.42 bits per heavy atom. The van der Waals surface area contributed by atoms with Gasteiger partial charge in [0.15, 0.2) is 9.84 Å². The Labute approximate surface area is 207 Å². The van der Waals surface area contributed by atoms with Gasteiger partial charge in [-0.1, -0.05) is 24.3 Å². The Hall–Kier alpha value is -3.56. The van der Waals surface area contributed by atoms with Crippen LogP contribution in [0.1, 0.15) is 21.5 Å². The number of hydrogen-bond donors (Lipinski definition) is 3. The highest BCUT2D eigenvalue weighted by atomic mass is 32.2. The van der Waals surface area contributed by atoms with Gasteiger partial charge in [-0.3, -0.25) is 9.35 Å². The van der Waals surface area contributed by atoms with Crippen LogP contribution in [0.4, 0.5) is 11.4 Å². The molecule has 36 heavy (non-hydrogen) atoms. The standard InChI is InChI=1S/C22H20N2O9S3/c1-34(26,27)19-10-6-16(7-11-19)22(25)24-18-9-5-15(21(13-18)36(31,32)33)3-2-14-4-8-17(23)12-20(14)35(28,29)30/h2-13H,23H2,1H3,(H,24,25)(H,28,29,30)(H,31,32,33)/p-1/b3-2+. The lowest BCUT2D eigenvalue weighted by Gasteiger charge is -2.14. The van der Waals surface area contributed by atoms with E-state index in [4.69, 9.17) is 5.73 Å². The Kier molecular flexibility index (Phi) is 7.38. The van der Waals surface area contributed by atoms with Crippen molar-refractivity contribution in [1.29, 1.82) is 0 Å². The van der Waals surface area contributed by atoms with Crippen molar-refractivity contribution in [2.45, 2.75) is 14.7 Å². The molecule has 0 heterocycles. The van der Waals surface area contributed by atoms with E-state index in [0.717, 1.165) is 24.5 Å². The monoisotopic (exact) mass is 551 g/mol. The van der Waals surface area contributed by atoms with Crippen LogP contribution in [-0.2, 0) is 30.1 Å². The van der Waals surface area contributed by atoms with E-state index in [-0.39, 0.29) is 33.0 Å². The number of nitrogens with one attached hydrogen (secondary N) is 1. The average Bonchev–Trinajstić information content (AvgIpc) is 2.77. The SMILES string of the molecule is CS(=O)(=O)c1ccc(C(=O)Nc2ccc(/C=C/c3ccc(N)cc3S(=O)(=O)O)c(S(=O)(=O)[O-])c2)cc1. The van der Waals surface area contributed by atoms with Crippen LogP contribution < -0.4 is 11.1 Å². The van der Waals surface area contributed by atoms with Crippen LogP contribution >= 0.6 is 0 Å². The van der Waals surface area contributed by atoms with Crippen LogP contribution in [0.3, 0.4) is 0 Å². The molecule has 0 spiro atoms. The number of amides is 1. The van der Waals surface area contributed by atoms with Gasteiger partial charge in [-0.2, -0.15) is 8.42 Å². The van der Waals surface area contributed by atoms with Crippen LogP contribution in [0.5, 0.6) is 0 Å².